The van der Waals surface area contributed by atoms with E-state index >= 15 is 0 Å². The van der Waals surface area contributed by atoms with Gasteiger partial charge in [0.2, 0.25) is 0 Å². The molecular weight excluding hydrogens is 276 g/mol. The van der Waals surface area contributed by atoms with Gasteiger partial charge in [-0.2, -0.15) is 0 Å². The number of fused-ring (bicyclic) bond motifs is 1. The molecule has 19 heavy (non-hydrogen) atoms. The second-order valence-electron chi connectivity index (χ2n) is 4.53. The highest BCUT2D eigenvalue weighted by Crippen LogP contribution is 2.37. The predicted octanol–water partition coefficient (Wildman–Crippen LogP) is 3.67. The van der Waals surface area contributed by atoms with E-state index in [1.54, 1.807) is 0 Å². The summed E-state index contributed by atoms with van der Waals surface area (Å²) in [6.07, 6.45) is 1.03. The minimum Gasteiger partial charge on any atom is -0.389 e. The van der Waals surface area contributed by atoms with Crippen molar-refractivity contribution in [2.75, 3.05) is 11.4 Å². The normalized spacial score (nSPS) is 13.4. The molecule has 0 aromatic heterocycles. The van der Waals surface area contributed by atoms with E-state index in [1.165, 1.54) is 11.3 Å². The Bertz CT molecular complexity index is 654. The van der Waals surface area contributed by atoms with Gasteiger partial charge in [0.15, 0.2) is 0 Å². The van der Waals surface area contributed by atoms with Crippen LogP contribution in [0.2, 0.25) is 5.02 Å². The minimum atomic E-state index is 0.338. The molecule has 96 valence electrons. The van der Waals surface area contributed by atoms with Gasteiger partial charge in [-0.1, -0.05) is 48.1 Å². The van der Waals surface area contributed by atoms with Crippen LogP contribution in [0.4, 0.5) is 11.4 Å². The van der Waals surface area contributed by atoms with Crippen LogP contribution >= 0.6 is 23.8 Å². The fourth-order valence-electron chi connectivity index (χ4n) is 2.57. The summed E-state index contributed by atoms with van der Waals surface area (Å²) >= 11 is 11.4. The van der Waals surface area contributed by atoms with E-state index in [4.69, 9.17) is 29.6 Å². The molecule has 4 heteroatoms. The third kappa shape index (κ3) is 2.09. The smallest absolute Gasteiger partial charge is 0.107 e. The molecule has 0 atom stereocenters. The lowest BCUT2D eigenvalue weighted by atomic mass is 10.1. The summed E-state index contributed by atoms with van der Waals surface area (Å²) in [7, 11) is 0. The first-order chi connectivity index (χ1) is 9.18. The number of nitrogens with zero attached hydrogens (tertiary/aromatic N) is 1. The molecule has 0 spiro atoms. The van der Waals surface area contributed by atoms with E-state index in [1.807, 2.05) is 24.3 Å². The molecule has 0 aliphatic carbocycles. The second kappa shape index (κ2) is 4.83. The fraction of sp³-hybridized carbons (Fsp3) is 0.133. The van der Waals surface area contributed by atoms with Gasteiger partial charge in [0.05, 0.1) is 16.3 Å². The molecule has 0 unspecified atom stereocenters. The maximum atomic E-state index is 6.24. The van der Waals surface area contributed by atoms with Crippen molar-refractivity contribution in [1.82, 2.24) is 0 Å². The van der Waals surface area contributed by atoms with Crippen LogP contribution in [0.5, 0.6) is 0 Å². The Balaban J connectivity index is 2.15. The van der Waals surface area contributed by atoms with Crippen LogP contribution in [-0.2, 0) is 6.42 Å². The van der Waals surface area contributed by atoms with Crippen LogP contribution in [0, 0.1) is 0 Å². The Morgan fingerprint density at radius 1 is 1.11 bits per heavy atom. The molecule has 2 aromatic carbocycles. The van der Waals surface area contributed by atoms with Gasteiger partial charge in [-0.05, 0) is 30.2 Å². The Labute approximate surface area is 122 Å². The number of halogens is 1. The van der Waals surface area contributed by atoms with Crippen molar-refractivity contribution in [3.63, 3.8) is 0 Å². The van der Waals surface area contributed by atoms with Gasteiger partial charge in [0, 0.05) is 12.2 Å². The Morgan fingerprint density at radius 3 is 2.63 bits per heavy atom. The Morgan fingerprint density at radius 2 is 1.84 bits per heavy atom. The van der Waals surface area contributed by atoms with Gasteiger partial charge in [-0.3, -0.25) is 0 Å². The Kier molecular flexibility index (Phi) is 3.17. The number of nitrogens with two attached hydrogens (primary N) is 1. The number of rotatable bonds is 2. The first-order valence-corrected chi connectivity index (χ1v) is 6.91. The minimum absolute atomic E-state index is 0.338. The van der Waals surface area contributed by atoms with Gasteiger partial charge < -0.3 is 10.6 Å². The maximum Gasteiger partial charge on any atom is 0.107 e. The van der Waals surface area contributed by atoms with E-state index in [-0.39, 0.29) is 0 Å². The fourth-order valence-corrected chi connectivity index (χ4v) is 3.11. The van der Waals surface area contributed by atoms with E-state index < -0.39 is 0 Å². The number of hydrogen-bond acceptors (Lipinski definition) is 2. The van der Waals surface area contributed by atoms with Crippen molar-refractivity contribution in [2.45, 2.75) is 6.42 Å². The molecule has 2 N–H and O–H groups in total. The standard InChI is InChI=1S/C15H13ClN2S/c16-11-5-3-7-13(14(11)15(17)19)18-9-8-10-4-1-2-6-12(10)18/h1-7H,8-9H2,(H2,17,19). The van der Waals surface area contributed by atoms with Gasteiger partial charge >= 0.3 is 0 Å². The monoisotopic (exact) mass is 288 g/mol. The van der Waals surface area contributed by atoms with Crippen LogP contribution in [0.25, 0.3) is 0 Å². The zero-order valence-corrected chi connectivity index (χ0v) is 11.8. The molecule has 2 aromatic rings. The summed E-state index contributed by atoms with van der Waals surface area (Å²) in [5, 5.41) is 0.606. The third-order valence-corrected chi connectivity index (χ3v) is 3.94. The summed E-state index contributed by atoms with van der Waals surface area (Å²) in [4.78, 5) is 2.57. The first-order valence-electron chi connectivity index (χ1n) is 6.12. The lowest BCUT2D eigenvalue weighted by Gasteiger charge is -2.23. The molecule has 1 heterocycles. The van der Waals surface area contributed by atoms with Crippen LogP contribution in [0.15, 0.2) is 42.5 Å². The molecule has 3 rings (SSSR count). The van der Waals surface area contributed by atoms with Crippen molar-refractivity contribution in [3.8, 4) is 0 Å². The molecule has 2 nitrogen and oxygen atoms in total. The first kappa shape index (κ1) is 12.5. The van der Waals surface area contributed by atoms with Crippen LogP contribution < -0.4 is 10.6 Å². The number of para-hydroxylation sites is 1. The summed E-state index contributed by atoms with van der Waals surface area (Å²) in [6.45, 7) is 0.926. The van der Waals surface area contributed by atoms with Crippen LogP contribution in [0.3, 0.4) is 0 Å². The highest BCUT2D eigenvalue weighted by atomic mass is 35.5. The van der Waals surface area contributed by atoms with Crippen LogP contribution in [-0.4, -0.2) is 11.5 Å². The topological polar surface area (TPSA) is 29.3 Å². The molecular formula is C15H13ClN2S. The van der Waals surface area contributed by atoms with Crippen molar-refractivity contribution in [3.05, 3.63) is 58.6 Å². The number of hydrogen-bond donors (Lipinski definition) is 1. The van der Waals surface area contributed by atoms with E-state index in [2.05, 4.69) is 23.1 Å². The summed E-state index contributed by atoms with van der Waals surface area (Å²) in [6, 6.07) is 14.1. The summed E-state index contributed by atoms with van der Waals surface area (Å²) in [5.74, 6) is 0. The summed E-state index contributed by atoms with van der Waals surface area (Å²) < 4.78 is 0. The van der Waals surface area contributed by atoms with E-state index in [9.17, 15) is 0 Å². The second-order valence-corrected chi connectivity index (χ2v) is 5.38. The average molecular weight is 289 g/mol. The number of benzene rings is 2. The summed E-state index contributed by atoms with van der Waals surface area (Å²) in [5.41, 5.74) is 10.1. The predicted molar refractivity (Wildman–Crippen MR) is 84.5 cm³/mol. The van der Waals surface area contributed by atoms with Gasteiger partial charge in [0.1, 0.15) is 4.99 Å². The Hall–Kier alpha value is -1.58. The van der Waals surface area contributed by atoms with Crippen LogP contribution in [0.1, 0.15) is 11.1 Å². The van der Waals surface area contributed by atoms with Crippen molar-refractivity contribution < 1.29 is 0 Å². The third-order valence-electron chi connectivity index (χ3n) is 3.42. The van der Waals surface area contributed by atoms with Crippen molar-refractivity contribution in [1.29, 1.82) is 0 Å². The maximum absolute atomic E-state index is 6.24. The lowest BCUT2D eigenvalue weighted by molar-refractivity contribution is 0.997. The lowest BCUT2D eigenvalue weighted by Crippen LogP contribution is -2.20. The molecule has 0 saturated heterocycles. The van der Waals surface area contributed by atoms with Crippen molar-refractivity contribution >= 4 is 40.2 Å². The van der Waals surface area contributed by atoms with Gasteiger partial charge in [-0.25, -0.2) is 0 Å². The largest absolute Gasteiger partial charge is 0.389 e. The molecule has 0 radical (unpaired) electrons. The molecule has 0 saturated carbocycles. The number of anilines is 2. The molecule has 0 amide bonds. The molecule has 1 aliphatic heterocycles. The molecule has 1 aliphatic rings. The van der Waals surface area contributed by atoms with Gasteiger partial charge in [0.25, 0.3) is 0 Å². The highest BCUT2D eigenvalue weighted by molar-refractivity contribution is 7.80. The van der Waals surface area contributed by atoms with E-state index in [0.29, 0.717) is 10.0 Å². The molecule has 0 fully saturated rings. The van der Waals surface area contributed by atoms with E-state index in [0.717, 1.165) is 24.2 Å². The average Bonchev–Trinajstić information content (AvgIpc) is 2.81. The zero-order valence-electron chi connectivity index (χ0n) is 10.3. The number of thiocarbonyl (C=S) groups is 1. The van der Waals surface area contributed by atoms with Gasteiger partial charge in [-0.15, -0.1) is 0 Å². The quantitative estimate of drug-likeness (QED) is 0.855. The van der Waals surface area contributed by atoms with Crippen molar-refractivity contribution in [2.24, 2.45) is 5.73 Å². The zero-order chi connectivity index (χ0) is 13.4. The SMILES string of the molecule is NC(=S)c1c(Cl)cccc1N1CCc2ccccc21. The highest BCUT2D eigenvalue weighted by Gasteiger charge is 2.23. The molecule has 0 bridgehead atoms.